The first-order chi connectivity index (χ1) is 22.7. The summed E-state index contributed by atoms with van der Waals surface area (Å²) < 4.78 is 4.54. The summed E-state index contributed by atoms with van der Waals surface area (Å²) >= 11 is 2.35. The molecule has 0 bridgehead atoms. The Morgan fingerprint density at radius 1 is 0.783 bits per heavy atom. The lowest BCUT2D eigenvalue weighted by Gasteiger charge is -2.30. The van der Waals surface area contributed by atoms with Crippen LogP contribution in [0.1, 0.15) is 31.0 Å². The van der Waals surface area contributed by atoms with Gasteiger partial charge in [0.1, 0.15) is 0 Å². The van der Waals surface area contributed by atoms with Crippen molar-refractivity contribution < 1.29 is 0 Å². The summed E-state index contributed by atoms with van der Waals surface area (Å²) in [6.07, 6.45) is 16.4. The summed E-state index contributed by atoms with van der Waals surface area (Å²) in [7, 11) is 0. The Labute approximate surface area is 282 Å². The van der Waals surface area contributed by atoms with Crippen molar-refractivity contribution in [3.05, 3.63) is 161 Å². The van der Waals surface area contributed by atoms with Gasteiger partial charge in [0, 0.05) is 75.2 Å². The fraction of sp³-hybridized carbons (Fsp3) is 0.0750. The van der Waals surface area contributed by atoms with Crippen molar-refractivity contribution in [2.75, 3.05) is 4.90 Å². The molecule has 2 aliphatic rings. The fourth-order valence-electron chi connectivity index (χ4n) is 6.80. The summed E-state index contributed by atoms with van der Waals surface area (Å²) in [6, 6.07) is 31.7. The van der Waals surface area contributed by atoms with Crippen LogP contribution in [0.15, 0.2) is 149 Å². The smallest absolute Gasteiger partial charge is 0.0702 e. The van der Waals surface area contributed by atoms with Crippen LogP contribution in [0.2, 0.25) is 0 Å². The van der Waals surface area contributed by atoms with E-state index in [0.717, 1.165) is 63.3 Å². The predicted octanol–water partition coefficient (Wildman–Crippen LogP) is 10.4. The normalized spacial score (nSPS) is 14.6. The second kappa shape index (κ2) is 12.0. The number of allylic oxidation sites excluding steroid dienone is 6. The van der Waals surface area contributed by atoms with E-state index in [1.54, 1.807) is 0 Å². The maximum Gasteiger partial charge on any atom is 0.0702 e. The molecule has 46 heavy (non-hydrogen) atoms. The maximum atomic E-state index is 4.65. The van der Waals surface area contributed by atoms with E-state index in [-0.39, 0.29) is 0 Å². The lowest BCUT2D eigenvalue weighted by molar-refractivity contribution is 1.00. The highest BCUT2D eigenvalue weighted by atomic mass is 127. The molecule has 0 radical (unpaired) electrons. The van der Waals surface area contributed by atoms with E-state index in [1.165, 1.54) is 28.1 Å². The second-order valence-corrected chi connectivity index (χ2v) is 12.1. The zero-order valence-corrected chi connectivity index (χ0v) is 27.5. The SMILES string of the molecule is CC1=C(/C=C\I)c2c(c3cnccc3n2-c2cccc(-c3ccccn3)c2)C2=C(C=CCC2)N1c1ccc(-c2ccccn2)cc1. The summed E-state index contributed by atoms with van der Waals surface area (Å²) in [5.41, 5.74) is 14.8. The molecule has 0 amide bonds. The van der Waals surface area contributed by atoms with Crippen molar-refractivity contribution in [2.24, 2.45) is 0 Å². The Morgan fingerprint density at radius 3 is 2.30 bits per heavy atom. The molecule has 0 saturated heterocycles. The third-order valence-corrected chi connectivity index (χ3v) is 9.18. The van der Waals surface area contributed by atoms with Gasteiger partial charge in [-0.15, -0.1) is 0 Å². The standard InChI is InChI=1S/C40H30IN5/c1-27-32(19-21-41)40-39(33-11-2-3-14-37(33)45(27)30-17-15-28(16-18-30)35-12-4-6-22-43-35)34-26-42-24-20-38(34)46(40)31-10-8-9-29(25-31)36-13-5-7-23-44-36/h3-10,12-26H,2,11H2,1H3/b21-19-. The number of nitrogens with zero attached hydrogens (tertiary/aromatic N) is 5. The molecule has 6 heteroatoms. The van der Waals surface area contributed by atoms with Gasteiger partial charge in [-0.2, -0.15) is 0 Å². The number of rotatable bonds is 5. The van der Waals surface area contributed by atoms with Gasteiger partial charge in [-0.3, -0.25) is 15.0 Å². The number of pyridine rings is 3. The number of hydrogen-bond donors (Lipinski definition) is 0. The highest BCUT2D eigenvalue weighted by Gasteiger charge is 2.32. The first kappa shape index (κ1) is 28.4. The molecule has 4 aromatic heterocycles. The van der Waals surface area contributed by atoms with Gasteiger partial charge in [0.2, 0.25) is 0 Å². The van der Waals surface area contributed by atoms with Crippen LogP contribution in [0, 0.1) is 0 Å². The number of benzene rings is 2. The summed E-state index contributed by atoms with van der Waals surface area (Å²) in [5.74, 6) is 0. The third kappa shape index (κ3) is 4.81. The lowest BCUT2D eigenvalue weighted by atomic mass is 9.92. The average Bonchev–Trinajstić information content (AvgIpc) is 3.42. The number of fused-ring (bicyclic) bond motifs is 4. The van der Waals surface area contributed by atoms with Crippen molar-refractivity contribution in [1.29, 1.82) is 0 Å². The molecule has 0 N–H and O–H groups in total. The van der Waals surface area contributed by atoms with Gasteiger partial charge in [-0.25, -0.2) is 0 Å². The molecule has 8 rings (SSSR count). The number of halogens is 1. The van der Waals surface area contributed by atoms with Gasteiger partial charge >= 0.3 is 0 Å². The highest BCUT2D eigenvalue weighted by Crippen LogP contribution is 2.48. The van der Waals surface area contributed by atoms with Crippen molar-refractivity contribution in [3.8, 4) is 28.2 Å². The minimum atomic E-state index is 0.942. The molecule has 6 aromatic rings. The Kier molecular flexibility index (Phi) is 7.42. The quantitative estimate of drug-likeness (QED) is 0.167. The van der Waals surface area contributed by atoms with E-state index in [0.29, 0.717) is 0 Å². The zero-order valence-electron chi connectivity index (χ0n) is 25.3. The first-order valence-corrected chi connectivity index (χ1v) is 16.7. The molecular formula is C40H30IN5. The van der Waals surface area contributed by atoms with Crippen LogP contribution in [0.25, 0.3) is 50.3 Å². The van der Waals surface area contributed by atoms with Crippen molar-refractivity contribution in [3.63, 3.8) is 0 Å². The van der Waals surface area contributed by atoms with Gasteiger partial charge < -0.3 is 9.47 Å². The number of anilines is 1. The monoisotopic (exact) mass is 707 g/mol. The van der Waals surface area contributed by atoms with E-state index in [2.05, 4.69) is 143 Å². The summed E-state index contributed by atoms with van der Waals surface area (Å²) in [6.45, 7) is 2.24. The van der Waals surface area contributed by atoms with Gasteiger partial charge in [0.05, 0.1) is 22.6 Å². The zero-order chi connectivity index (χ0) is 31.0. The fourth-order valence-corrected chi connectivity index (χ4v) is 7.16. The molecule has 0 unspecified atom stereocenters. The molecule has 222 valence electrons. The molecule has 5 nitrogen and oxygen atoms in total. The molecule has 0 atom stereocenters. The Morgan fingerprint density at radius 2 is 1.57 bits per heavy atom. The van der Waals surface area contributed by atoms with E-state index >= 15 is 0 Å². The van der Waals surface area contributed by atoms with Gasteiger partial charge in [-0.05, 0) is 96.2 Å². The molecule has 0 saturated carbocycles. The molecule has 0 spiro atoms. The van der Waals surface area contributed by atoms with Crippen molar-refractivity contribution >= 4 is 50.3 Å². The Hall–Kier alpha value is -5.08. The van der Waals surface area contributed by atoms with Crippen LogP contribution in [-0.2, 0) is 0 Å². The van der Waals surface area contributed by atoms with Crippen LogP contribution >= 0.6 is 22.6 Å². The maximum absolute atomic E-state index is 4.65. The summed E-state index contributed by atoms with van der Waals surface area (Å²) in [5, 5.41) is 1.16. The van der Waals surface area contributed by atoms with Crippen LogP contribution in [0.4, 0.5) is 5.69 Å². The second-order valence-electron chi connectivity index (χ2n) is 11.4. The van der Waals surface area contributed by atoms with Gasteiger partial charge in [-0.1, -0.05) is 65.1 Å². The van der Waals surface area contributed by atoms with E-state index < -0.39 is 0 Å². The van der Waals surface area contributed by atoms with E-state index in [4.69, 9.17) is 0 Å². The first-order valence-electron chi connectivity index (χ1n) is 15.4. The Bertz CT molecular complexity index is 2210. The van der Waals surface area contributed by atoms with Crippen LogP contribution in [0.5, 0.6) is 0 Å². The Balaban J connectivity index is 1.40. The third-order valence-electron chi connectivity index (χ3n) is 8.82. The largest absolute Gasteiger partial charge is 0.314 e. The number of aromatic nitrogens is 4. The molecular weight excluding hydrogens is 677 g/mol. The molecule has 1 aliphatic carbocycles. The predicted molar refractivity (Wildman–Crippen MR) is 198 cm³/mol. The minimum Gasteiger partial charge on any atom is -0.314 e. The molecule has 5 heterocycles. The minimum absolute atomic E-state index is 0.942. The van der Waals surface area contributed by atoms with Gasteiger partial charge in [0.15, 0.2) is 0 Å². The topological polar surface area (TPSA) is 46.8 Å². The molecule has 1 aliphatic heterocycles. The van der Waals surface area contributed by atoms with Gasteiger partial charge in [0.25, 0.3) is 0 Å². The van der Waals surface area contributed by atoms with E-state index in [1.807, 2.05) is 49.1 Å². The van der Waals surface area contributed by atoms with Crippen LogP contribution in [-0.4, -0.2) is 19.5 Å². The molecule has 2 aromatic carbocycles. The highest BCUT2D eigenvalue weighted by molar-refractivity contribution is 14.1. The van der Waals surface area contributed by atoms with Crippen LogP contribution in [0.3, 0.4) is 0 Å². The molecule has 0 fully saturated rings. The summed E-state index contributed by atoms with van der Waals surface area (Å²) in [4.78, 5) is 16.3. The average molecular weight is 708 g/mol. The van der Waals surface area contributed by atoms with Crippen LogP contribution < -0.4 is 4.90 Å². The van der Waals surface area contributed by atoms with Crippen molar-refractivity contribution in [2.45, 2.75) is 19.8 Å². The number of hydrogen-bond acceptors (Lipinski definition) is 4. The van der Waals surface area contributed by atoms with Crippen molar-refractivity contribution in [1.82, 2.24) is 19.5 Å². The lowest BCUT2D eigenvalue weighted by Crippen LogP contribution is -2.21. The van der Waals surface area contributed by atoms with E-state index in [9.17, 15) is 0 Å².